The summed E-state index contributed by atoms with van der Waals surface area (Å²) in [6, 6.07) is 0.326. The minimum absolute atomic E-state index is 0.00884. The van der Waals surface area contributed by atoms with Crippen LogP contribution in [0.3, 0.4) is 0 Å². The van der Waals surface area contributed by atoms with Crippen molar-refractivity contribution >= 4 is 23.8 Å². The molecule has 0 aromatic carbocycles. The second kappa shape index (κ2) is 16.6. The molecule has 1 atom stereocenters. The Morgan fingerprint density at radius 2 is 1.52 bits per heavy atom. The van der Waals surface area contributed by atoms with Gasteiger partial charge in [0.25, 0.3) is 0 Å². The van der Waals surface area contributed by atoms with Crippen LogP contribution in [0.25, 0.3) is 0 Å². The molecule has 1 N–H and O–H groups in total. The summed E-state index contributed by atoms with van der Waals surface area (Å²) < 4.78 is 14.6. The molecule has 0 fully saturated rings. The van der Waals surface area contributed by atoms with Crippen LogP contribution in [-0.4, -0.2) is 49.7 Å². The van der Waals surface area contributed by atoms with Crippen molar-refractivity contribution < 1.29 is 33.4 Å². The Kier molecular flexibility index (Phi) is 16.5. The summed E-state index contributed by atoms with van der Waals surface area (Å²) in [5.41, 5.74) is -0.543. The summed E-state index contributed by atoms with van der Waals surface area (Å²) in [6.07, 6.45) is 3.00. The van der Waals surface area contributed by atoms with E-state index in [1.165, 1.54) is 13.0 Å². The smallest absolute Gasteiger partial charge is 0.311 e. The van der Waals surface area contributed by atoms with Gasteiger partial charge in [0.05, 0.1) is 18.3 Å². The second-order valence-corrected chi connectivity index (χ2v) is 7.08. The third-order valence-corrected chi connectivity index (χ3v) is 3.97. The summed E-state index contributed by atoms with van der Waals surface area (Å²) >= 11 is 0. The van der Waals surface area contributed by atoms with Gasteiger partial charge in [-0.3, -0.25) is 19.2 Å². The molecule has 0 aromatic heterocycles. The summed E-state index contributed by atoms with van der Waals surface area (Å²) in [5.74, 6) is -1.28. The summed E-state index contributed by atoms with van der Waals surface area (Å²) in [5, 5.41) is 2.75. The lowest BCUT2D eigenvalue weighted by molar-refractivity contribution is -0.159. The molecule has 1 amide bonds. The Labute approximate surface area is 174 Å². The van der Waals surface area contributed by atoms with E-state index in [1.807, 2.05) is 20.8 Å². The minimum atomic E-state index is -0.543. The van der Waals surface area contributed by atoms with Gasteiger partial charge < -0.3 is 19.5 Å². The number of ether oxygens (including phenoxy) is 3. The molecule has 29 heavy (non-hydrogen) atoms. The van der Waals surface area contributed by atoms with Crippen molar-refractivity contribution in [1.29, 1.82) is 0 Å². The zero-order chi connectivity index (χ0) is 22.9. The fourth-order valence-corrected chi connectivity index (χ4v) is 1.58. The maximum absolute atomic E-state index is 11.6. The average molecular weight is 416 g/mol. The molecule has 0 aliphatic heterocycles. The Balaban J connectivity index is 0. The fraction of sp³-hybridized carbons (Fsp3) is 0.714. The van der Waals surface area contributed by atoms with Gasteiger partial charge in [0.1, 0.15) is 19.8 Å². The standard InChI is InChI=1S/C15H24O6.C6H13NO/c1-5-9-19-12(16)7-8-13(17)20-10-11-21-14(18)15(3,4)6-2;1-4-5(2)7-6(3)8/h5H,1,6-11H2,2-4H3;5H,4H2,1-3H3,(H,7,8). The van der Waals surface area contributed by atoms with E-state index in [0.717, 1.165) is 6.42 Å². The Bertz CT molecular complexity index is 529. The molecule has 8 heteroatoms. The zero-order valence-corrected chi connectivity index (χ0v) is 18.7. The normalized spacial score (nSPS) is 11.2. The van der Waals surface area contributed by atoms with Gasteiger partial charge in [-0.2, -0.15) is 0 Å². The maximum Gasteiger partial charge on any atom is 0.311 e. The first-order valence-electron chi connectivity index (χ1n) is 9.86. The molecule has 0 spiro atoms. The average Bonchev–Trinajstić information content (AvgIpc) is 2.67. The lowest BCUT2D eigenvalue weighted by atomic mass is 9.91. The summed E-state index contributed by atoms with van der Waals surface area (Å²) in [4.78, 5) is 44.4. The predicted octanol–water partition coefficient (Wildman–Crippen LogP) is 2.94. The highest BCUT2D eigenvalue weighted by Gasteiger charge is 2.26. The van der Waals surface area contributed by atoms with Gasteiger partial charge in [0.2, 0.25) is 5.91 Å². The number of hydrogen-bond acceptors (Lipinski definition) is 7. The van der Waals surface area contributed by atoms with Crippen LogP contribution in [0.4, 0.5) is 0 Å². The summed E-state index contributed by atoms with van der Waals surface area (Å²) in [6.45, 7) is 14.5. The van der Waals surface area contributed by atoms with E-state index in [0.29, 0.717) is 12.5 Å². The Hall–Kier alpha value is -2.38. The monoisotopic (exact) mass is 415 g/mol. The van der Waals surface area contributed by atoms with Crippen molar-refractivity contribution in [2.24, 2.45) is 5.41 Å². The largest absolute Gasteiger partial charge is 0.462 e. The van der Waals surface area contributed by atoms with E-state index in [9.17, 15) is 19.2 Å². The van der Waals surface area contributed by atoms with Crippen molar-refractivity contribution in [3.8, 4) is 0 Å². The van der Waals surface area contributed by atoms with Gasteiger partial charge in [0, 0.05) is 13.0 Å². The molecule has 168 valence electrons. The van der Waals surface area contributed by atoms with E-state index in [1.54, 1.807) is 13.8 Å². The molecular formula is C21H37NO7. The van der Waals surface area contributed by atoms with Crippen LogP contribution in [0.5, 0.6) is 0 Å². The van der Waals surface area contributed by atoms with Crippen LogP contribution >= 0.6 is 0 Å². The third-order valence-electron chi connectivity index (χ3n) is 3.97. The van der Waals surface area contributed by atoms with Crippen molar-refractivity contribution in [3.05, 3.63) is 12.7 Å². The van der Waals surface area contributed by atoms with Gasteiger partial charge in [-0.1, -0.05) is 26.5 Å². The van der Waals surface area contributed by atoms with Crippen LogP contribution in [0.2, 0.25) is 0 Å². The van der Waals surface area contributed by atoms with Crippen molar-refractivity contribution in [1.82, 2.24) is 5.32 Å². The number of carbonyl (C=O) groups is 4. The first kappa shape index (κ1) is 28.8. The second-order valence-electron chi connectivity index (χ2n) is 7.08. The van der Waals surface area contributed by atoms with E-state index >= 15 is 0 Å². The zero-order valence-electron chi connectivity index (χ0n) is 18.7. The lowest BCUT2D eigenvalue weighted by Crippen LogP contribution is -2.29. The number of nitrogens with one attached hydrogen (secondary N) is 1. The fourth-order valence-electron chi connectivity index (χ4n) is 1.58. The predicted molar refractivity (Wildman–Crippen MR) is 110 cm³/mol. The number of esters is 3. The summed E-state index contributed by atoms with van der Waals surface area (Å²) in [7, 11) is 0. The van der Waals surface area contributed by atoms with Gasteiger partial charge in [-0.05, 0) is 33.6 Å². The van der Waals surface area contributed by atoms with Crippen LogP contribution in [0.1, 0.15) is 67.2 Å². The van der Waals surface area contributed by atoms with E-state index in [2.05, 4.69) is 11.9 Å². The van der Waals surface area contributed by atoms with Gasteiger partial charge in [0.15, 0.2) is 0 Å². The molecule has 1 unspecified atom stereocenters. The SMILES string of the molecule is C=CCOC(=O)CCC(=O)OCCOC(=O)C(C)(C)CC.CCC(C)NC(C)=O. The molecule has 0 saturated heterocycles. The molecule has 0 aliphatic carbocycles. The van der Waals surface area contributed by atoms with Crippen LogP contribution in [0.15, 0.2) is 12.7 Å². The first-order valence-corrected chi connectivity index (χ1v) is 9.86. The van der Waals surface area contributed by atoms with Crippen molar-refractivity contribution in [2.75, 3.05) is 19.8 Å². The van der Waals surface area contributed by atoms with Crippen molar-refractivity contribution in [2.45, 2.75) is 73.3 Å². The third kappa shape index (κ3) is 17.5. The molecule has 0 saturated carbocycles. The minimum Gasteiger partial charge on any atom is -0.462 e. The number of amides is 1. The molecular weight excluding hydrogens is 378 g/mol. The molecule has 0 radical (unpaired) electrons. The van der Waals surface area contributed by atoms with Crippen molar-refractivity contribution in [3.63, 3.8) is 0 Å². The topological polar surface area (TPSA) is 108 Å². The molecule has 0 aromatic rings. The highest BCUT2D eigenvalue weighted by atomic mass is 16.6. The molecule has 8 nitrogen and oxygen atoms in total. The van der Waals surface area contributed by atoms with Crippen LogP contribution in [0, 0.1) is 5.41 Å². The molecule has 0 aliphatic rings. The van der Waals surface area contributed by atoms with Gasteiger partial charge in [-0.15, -0.1) is 0 Å². The molecule has 0 rings (SSSR count). The highest BCUT2D eigenvalue weighted by Crippen LogP contribution is 2.21. The van der Waals surface area contributed by atoms with E-state index in [-0.39, 0.29) is 44.5 Å². The van der Waals surface area contributed by atoms with E-state index in [4.69, 9.17) is 14.2 Å². The quantitative estimate of drug-likeness (QED) is 0.226. The number of rotatable bonds is 12. The Morgan fingerprint density at radius 1 is 1.00 bits per heavy atom. The van der Waals surface area contributed by atoms with Crippen LogP contribution < -0.4 is 5.32 Å². The maximum atomic E-state index is 11.6. The Morgan fingerprint density at radius 3 is 1.93 bits per heavy atom. The number of carbonyl (C=O) groups excluding carboxylic acids is 4. The highest BCUT2D eigenvalue weighted by molar-refractivity contribution is 5.78. The van der Waals surface area contributed by atoms with E-state index < -0.39 is 17.4 Å². The first-order chi connectivity index (χ1) is 13.5. The van der Waals surface area contributed by atoms with Gasteiger partial charge in [-0.25, -0.2) is 0 Å². The molecule has 0 heterocycles. The van der Waals surface area contributed by atoms with Crippen LogP contribution in [-0.2, 0) is 33.4 Å². The lowest BCUT2D eigenvalue weighted by Gasteiger charge is -2.20. The molecule has 0 bridgehead atoms. The van der Waals surface area contributed by atoms with Gasteiger partial charge >= 0.3 is 17.9 Å². The number of hydrogen-bond donors (Lipinski definition) is 1.